The lowest BCUT2D eigenvalue weighted by molar-refractivity contribution is -0.457. The maximum atomic E-state index is 10.3. The highest BCUT2D eigenvalue weighted by Gasteiger charge is 2.12. The summed E-state index contributed by atoms with van der Waals surface area (Å²) in [7, 11) is 0. The molecule has 0 aromatic rings. The molecule has 0 rings (SSSR count). The van der Waals surface area contributed by atoms with E-state index in [2.05, 4.69) is 28.0 Å². The van der Waals surface area contributed by atoms with Crippen LogP contribution >= 0.6 is 0 Å². The van der Waals surface area contributed by atoms with E-state index in [0.717, 1.165) is 0 Å². The summed E-state index contributed by atoms with van der Waals surface area (Å²) >= 11 is 0. The normalized spacial score (nSPS) is 8.62. The highest BCUT2D eigenvalue weighted by molar-refractivity contribution is 5.85. The molecule has 0 aliphatic heterocycles. The van der Waals surface area contributed by atoms with E-state index in [1.807, 2.05) is 0 Å². The van der Waals surface area contributed by atoms with Crippen LogP contribution in [-0.4, -0.2) is 22.2 Å². The molecule has 7 nitrogen and oxygen atoms in total. The van der Waals surface area contributed by atoms with Gasteiger partial charge < -0.3 is 10.2 Å². The fraction of sp³-hybridized carbons (Fsp3) is 0. The molecule has 0 atom stereocenters. The summed E-state index contributed by atoms with van der Waals surface area (Å²) in [6, 6.07) is 0. The molecule has 7 heteroatoms. The minimum absolute atomic E-state index is 0.932. The minimum atomic E-state index is -1.34. The Morgan fingerprint density at radius 2 is 1.23 bits per heavy atom. The molecule has 0 saturated heterocycles. The van der Waals surface area contributed by atoms with Crippen molar-refractivity contribution in [3.63, 3.8) is 0 Å². The molecule has 72 valence electrons. The van der Waals surface area contributed by atoms with Gasteiger partial charge in [0.15, 0.2) is 11.5 Å². The SMILES string of the molecule is C=C(O)C(=O)OOOC(=O)C(=C)O. The van der Waals surface area contributed by atoms with Crippen LogP contribution in [0.25, 0.3) is 0 Å². The van der Waals surface area contributed by atoms with Gasteiger partial charge in [-0.3, -0.25) is 9.78 Å². The van der Waals surface area contributed by atoms with Gasteiger partial charge in [0.05, 0.1) is 0 Å². The van der Waals surface area contributed by atoms with Crippen molar-refractivity contribution in [3.05, 3.63) is 24.7 Å². The Balaban J connectivity index is 3.69. The fourth-order valence-corrected chi connectivity index (χ4v) is 0.175. The van der Waals surface area contributed by atoms with Crippen LogP contribution < -0.4 is 0 Å². The average Bonchev–Trinajstić information content (AvgIpc) is 2.03. The van der Waals surface area contributed by atoms with E-state index in [4.69, 9.17) is 10.2 Å². The summed E-state index contributed by atoms with van der Waals surface area (Å²) in [5.74, 6) is -4.54. The standard InChI is InChI=1S/C6H6O7/c1-3(7)5(9)11-13-12-6(10)4(2)8/h7-8H,1-2H2. The molecule has 0 aromatic heterocycles. The predicted octanol–water partition coefficient (Wildman–Crippen LogP) is 0.0628. The summed E-state index contributed by atoms with van der Waals surface area (Å²) < 4.78 is 0. The van der Waals surface area contributed by atoms with Gasteiger partial charge in [0, 0.05) is 5.04 Å². The summed E-state index contributed by atoms with van der Waals surface area (Å²) in [6.45, 7) is 5.56. The molecule has 0 saturated carbocycles. The van der Waals surface area contributed by atoms with Crippen molar-refractivity contribution in [2.45, 2.75) is 0 Å². The van der Waals surface area contributed by atoms with Crippen molar-refractivity contribution in [1.29, 1.82) is 0 Å². The van der Waals surface area contributed by atoms with Crippen LogP contribution in [-0.2, 0) is 24.4 Å². The second kappa shape index (κ2) is 4.78. The molecule has 13 heavy (non-hydrogen) atoms. The first-order chi connectivity index (χ1) is 5.95. The van der Waals surface area contributed by atoms with Crippen molar-refractivity contribution in [3.8, 4) is 0 Å². The number of aliphatic hydroxyl groups excluding tert-OH is 2. The zero-order valence-corrected chi connectivity index (χ0v) is 6.35. The van der Waals surface area contributed by atoms with Crippen LogP contribution in [0.15, 0.2) is 24.7 Å². The van der Waals surface area contributed by atoms with Crippen LogP contribution in [0.2, 0.25) is 0 Å². The van der Waals surface area contributed by atoms with Crippen LogP contribution in [0.3, 0.4) is 0 Å². The van der Waals surface area contributed by atoms with Gasteiger partial charge in [-0.1, -0.05) is 0 Å². The van der Waals surface area contributed by atoms with Crippen LogP contribution in [0.5, 0.6) is 0 Å². The largest absolute Gasteiger partial charge is 0.502 e. The maximum absolute atomic E-state index is 10.3. The topological polar surface area (TPSA) is 102 Å². The van der Waals surface area contributed by atoms with Gasteiger partial charge in [0.2, 0.25) is 0 Å². The summed E-state index contributed by atoms with van der Waals surface area (Å²) in [6.07, 6.45) is 0. The molecule has 0 heterocycles. The number of hydrogen-bond donors (Lipinski definition) is 2. The first-order valence-electron chi connectivity index (χ1n) is 2.80. The van der Waals surface area contributed by atoms with Gasteiger partial charge in [-0.25, -0.2) is 9.59 Å². The molecular weight excluding hydrogens is 184 g/mol. The number of hydrogen-bond acceptors (Lipinski definition) is 7. The molecule has 0 spiro atoms. The Labute approximate surface area is 72.3 Å². The number of carbonyl (C=O) groups is 2. The third-order valence-electron chi connectivity index (χ3n) is 0.691. The van der Waals surface area contributed by atoms with Crippen molar-refractivity contribution < 1.29 is 34.6 Å². The maximum Gasteiger partial charge on any atom is 0.410 e. The second-order valence-electron chi connectivity index (χ2n) is 1.70. The third kappa shape index (κ3) is 4.43. The van der Waals surface area contributed by atoms with E-state index in [-0.39, 0.29) is 0 Å². The fourth-order valence-electron chi connectivity index (χ4n) is 0.175. The lowest BCUT2D eigenvalue weighted by Gasteiger charge is -1.99. The molecule has 2 N–H and O–H groups in total. The first kappa shape index (κ1) is 11.0. The number of aliphatic hydroxyl groups is 2. The van der Waals surface area contributed by atoms with Crippen molar-refractivity contribution in [2.24, 2.45) is 0 Å². The zero-order chi connectivity index (χ0) is 10.4. The zero-order valence-electron chi connectivity index (χ0n) is 6.35. The van der Waals surface area contributed by atoms with Gasteiger partial charge >= 0.3 is 11.9 Å². The van der Waals surface area contributed by atoms with E-state index in [1.165, 1.54) is 0 Å². The molecule has 0 unspecified atom stereocenters. The Bertz CT molecular complexity index is 228. The van der Waals surface area contributed by atoms with E-state index in [0.29, 0.717) is 0 Å². The van der Waals surface area contributed by atoms with Crippen molar-refractivity contribution in [1.82, 2.24) is 0 Å². The lowest BCUT2D eigenvalue weighted by atomic mass is 10.6. The van der Waals surface area contributed by atoms with E-state index in [1.54, 1.807) is 0 Å². The molecule has 0 fully saturated rings. The van der Waals surface area contributed by atoms with Crippen molar-refractivity contribution >= 4 is 11.9 Å². The first-order valence-corrected chi connectivity index (χ1v) is 2.80. The monoisotopic (exact) mass is 190 g/mol. The van der Waals surface area contributed by atoms with E-state index in [9.17, 15) is 9.59 Å². The predicted molar refractivity (Wildman–Crippen MR) is 36.8 cm³/mol. The van der Waals surface area contributed by atoms with Crippen molar-refractivity contribution in [2.75, 3.05) is 0 Å². The van der Waals surface area contributed by atoms with Gasteiger partial charge in [-0.2, -0.15) is 0 Å². The molecule has 0 bridgehead atoms. The minimum Gasteiger partial charge on any atom is -0.502 e. The Morgan fingerprint density at radius 1 is 0.923 bits per heavy atom. The van der Waals surface area contributed by atoms with Gasteiger partial charge in [0.25, 0.3) is 0 Å². The number of rotatable bonds is 4. The Hall–Kier alpha value is -2.02. The summed E-state index contributed by atoms with van der Waals surface area (Å²) in [5.41, 5.74) is 0. The molecule has 0 aromatic carbocycles. The van der Waals surface area contributed by atoms with E-state index < -0.39 is 23.5 Å². The van der Waals surface area contributed by atoms with Crippen LogP contribution in [0, 0.1) is 0 Å². The molecule has 0 amide bonds. The smallest absolute Gasteiger partial charge is 0.410 e. The highest BCUT2D eigenvalue weighted by atomic mass is 17.5. The quantitative estimate of drug-likeness (QED) is 0.279. The average molecular weight is 190 g/mol. The Kier molecular flexibility index (Phi) is 4.03. The lowest BCUT2D eigenvalue weighted by Crippen LogP contribution is -2.12. The molecular formula is C6H6O7. The summed E-state index contributed by atoms with van der Waals surface area (Å²) in [4.78, 5) is 27.9. The third-order valence-corrected chi connectivity index (χ3v) is 0.691. The van der Waals surface area contributed by atoms with E-state index >= 15 is 0 Å². The molecule has 0 aliphatic rings. The molecule has 0 aliphatic carbocycles. The number of carbonyl (C=O) groups excluding carboxylic acids is 2. The van der Waals surface area contributed by atoms with Gasteiger partial charge in [0.1, 0.15) is 0 Å². The second-order valence-corrected chi connectivity index (χ2v) is 1.70. The molecule has 0 radical (unpaired) electrons. The van der Waals surface area contributed by atoms with Gasteiger partial charge in [-0.05, 0) is 13.2 Å². The summed E-state index contributed by atoms with van der Waals surface area (Å²) in [5, 5.41) is 20.2. The van der Waals surface area contributed by atoms with Crippen LogP contribution in [0.1, 0.15) is 0 Å². The van der Waals surface area contributed by atoms with Gasteiger partial charge in [-0.15, -0.1) is 0 Å². The van der Waals surface area contributed by atoms with Crippen LogP contribution in [0.4, 0.5) is 0 Å². The highest BCUT2D eigenvalue weighted by Crippen LogP contribution is 1.94. The Morgan fingerprint density at radius 3 is 1.46 bits per heavy atom.